The Kier molecular flexibility index (Phi) is 4.39. The van der Waals surface area contributed by atoms with Gasteiger partial charge in [-0.3, -0.25) is 9.59 Å². The first-order valence-corrected chi connectivity index (χ1v) is 8.01. The van der Waals surface area contributed by atoms with Gasteiger partial charge in [0, 0.05) is 12.7 Å². The van der Waals surface area contributed by atoms with Crippen LogP contribution in [0.15, 0.2) is 30.3 Å². The van der Waals surface area contributed by atoms with Crippen LogP contribution in [0.3, 0.4) is 0 Å². The summed E-state index contributed by atoms with van der Waals surface area (Å²) in [6, 6.07) is 7.57. The molecular weight excluding hydrogens is 347 g/mol. The van der Waals surface area contributed by atoms with Crippen LogP contribution >= 0.6 is 11.6 Å². The van der Waals surface area contributed by atoms with Crippen molar-refractivity contribution >= 4 is 34.8 Å². The molecule has 7 heteroatoms. The quantitative estimate of drug-likeness (QED) is 0.884. The number of amides is 2. The molecule has 25 heavy (non-hydrogen) atoms. The summed E-state index contributed by atoms with van der Waals surface area (Å²) in [4.78, 5) is 25.9. The van der Waals surface area contributed by atoms with E-state index in [9.17, 15) is 14.0 Å². The Labute approximate surface area is 149 Å². The van der Waals surface area contributed by atoms with Crippen LogP contribution in [0.2, 0.25) is 5.02 Å². The molecule has 1 aliphatic rings. The van der Waals surface area contributed by atoms with Crippen LogP contribution in [0.1, 0.15) is 22.8 Å². The number of hydrogen-bond acceptors (Lipinski definition) is 3. The molecule has 1 N–H and O–H groups in total. The predicted octanol–water partition coefficient (Wildman–Crippen LogP) is 3.78. The standard InChI is InChI=1S/C18H16ClFN2O3/c1-9-4-6-12(20)15(16(9)19)17(23)21-11-5-7-14-13(8-11)22(3)18(24)10(2)25-14/h4-8,10H,1-3H3,(H,21,23). The van der Waals surface area contributed by atoms with Gasteiger partial charge in [-0.15, -0.1) is 0 Å². The number of carbonyl (C=O) groups excluding carboxylic acids is 2. The first-order chi connectivity index (χ1) is 11.8. The number of hydrogen-bond donors (Lipinski definition) is 1. The van der Waals surface area contributed by atoms with E-state index in [0.29, 0.717) is 22.7 Å². The van der Waals surface area contributed by atoms with E-state index in [2.05, 4.69) is 5.32 Å². The van der Waals surface area contributed by atoms with Gasteiger partial charge in [0.25, 0.3) is 11.8 Å². The molecule has 2 amide bonds. The topological polar surface area (TPSA) is 58.6 Å². The third-order valence-corrected chi connectivity index (χ3v) is 4.56. The number of aryl methyl sites for hydroxylation is 1. The highest BCUT2D eigenvalue weighted by atomic mass is 35.5. The zero-order valence-corrected chi connectivity index (χ0v) is 14.6. The number of ether oxygens (including phenoxy) is 1. The normalized spacial score (nSPS) is 16.3. The Morgan fingerprint density at radius 3 is 2.76 bits per heavy atom. The monoisotopic (exact) mass is 362 g/mol. The van der Waals surface area contributed by atoms with Gasteiger partial charge in [-0.05, 0) is 43.7 Å². The number of fused-ring (bicyclic) bond motifs is 1. The Morgan fingerprint density at radius 2 is 2.04 bits per heavy atom. The molecule has 0 saturated carbocycles. The van der Waals surface area contributed by atoms with Crippen LogP contribution in [0, 0.1) is 12.7 Å². The lowest BCUT2D eigenvalue weighted by Gasteiger charge is -2.30. The van der Waals surface area contributed by atoms with Crippen LogP contribution in [-0.2, 0) is 4.79 Å². The van der Waals surface area contributed by atoms with Crippen molar-refractivity contribution in [1.82, 2.24) is 0 Å². The molecule has 0 radical (unpaired) electrons. The predicted molar refractivity (Wildman–Crippen MR) is 94.0 cm³/mol. The number of likely N-dealkylation sites (N-methyl/N-ethyl adjacent to an activating group) is 1. The maximum Gasteiger partial charge on any atom is 0.267 e. The van der Waals surface area contributed by atoms with Gasteiger partial charge < -0.3 is 15.0 Å². The molecule has 0 bridgehead atoms. The minimum Gasteiger partial charge on any atom is -0.479 e. The Morgan fingerprint density at radius 1 is 1.32 bits per heavy atom. The highest BCUT2D eigenvalue weighted by Gasteiger charge is 2.29. The number of nitrogens with one attached hydrogen (secondary N) is 1. The van der Waals surface area contributed by atoms with Crippen molar-refractivity contribution < 1.29 is 18.7 Å². The molecule has 0 saturated heterocycles. The van der Waals surface area contributed by atoms with E-state index in [1.807, 2.05) is 0 Å². The van der Waals surface area contributed by atoms with Gasteiger partial charge in [0.05, 0.1) is 16.3 Å². The lowest BCUT2D eigenvalue weighted by Crippen LogP contribution is -2.41. The van der Waals surface area contributed by atoms with E-state index >= 15 is 0 Å². The first kappa shape index (κ1) is 17.2. The molecule has 1 unspecified atom stereocenters. The summed E-state index contributed by atoms with van der Waals surface area (Å²) in [5, 5.41) is 2.68. The van der Waals surface area contributed by atoms with E-state index in [1.165, 1.54) is 17.0 Å². The minimum atomic E-state index is -0.699. The van der Waals surface area contributed by atoms with Gasteiger partial charge in [0.2, 0.25) is 0 Å². The number of carbonyl (C=O) groups is 2. The third-order valence-electron chi connectivity index (χ3n) is 4.07. The molecule has 2 aromatic carbocycles. The van der Waals surface area contributed by atoms with E-state index in [4.69, 9.17) is 16.3 Å². The van der Waals surface area contributed by atoms with Crippen LogP contribution in [0.25, 0.3) is 0 Å². The molecule has 1 aliphatic heterocycles. The van der Waals surface area contributed by atoms with Crippen LogP contribution in [0.4, 0.5) is 15.8 Å². The molecule has 3 rings (SSSR count). The highest BCUT2D eigenvalue weighted by Crippen LogP contribution is 2.35. The summed E-state index contributed by atoms with van der Waals surface area (Å²) in [5.41, 5.74) is 1.32. The maximum absolute atomic E-state index is 14.0. The minimum absolute atomic E-state index is 0.0694. The summed E-state index contributed by atoms with van der Waals surface area (Å²) < 4.78 is 19.5. The average molecular weight is 363 g/mol. The smallest absolute Gasteiger partial charge is 0.267 e. The molecule has 1 atom stereocenters. The largest absolute Gasteiger partial charge is 0.479 e. The van der Waals surface area contributed by atoms with Gasteiger partial charge in [0.1, 0.15) is 11.6 Å². The third kappa shape index (κ3) is 3.05. The number of rotatable bonds is 2. The Hall–Kier alpha value is -2.60. The van der Waals surface area contributed by atoms with Crippen molar-refractivity contribution in [3.63, 3.8) is 0 Å². The van der Waals surface area contributed by atoms with Crippen LogP contribution < -0.4 is 15.0 Å². The van der Waals surface area contributed by atoms with Gasteiger partial charge in [-0.2, -0.15) is 0 Å². The van der Waals surface area contributed by atoms with Gasteiger partial charge >= 0.3 is 0 Å². The summed E-state index contributed by atoms with van der Waals surface area (Å²) in [7, 11) is 1.63. The fourth-order valence-electron chi connectivity index (χ4n) is 2.65. The van der Waals surface area contributed by atoms with Crippen molar-refractivity contribution in [3.8, 4) is 5.75 Å². The van der Waals surface area contributed by atoms with Crippen molar-refractivity contribution in [2.45, 2.75) is 20.0 Å². The van der Waals surface area contributed by atoms with E-state index in [-0.39, 0.29) is 16.5 Å². The average Bonchev–Trinajstić information content (AvgIpc) is 2.57. The lowest BCUT2D eigenvalue weighted by atomic mass is 10.1. The van der Waals surface area contributed by atoms with Gasteiger partial charge in [-0.1, -0.05) is 17.7 Å². The molecular formula is C18H16ClFN2O3. The fraction of sp³-hybridized carbons (Fsp3) is 0.222. The van der Waals surface area contributed by atoms with Gasteiger partial charge in [0.15, 0.2) is 6.10 Å². The second-order valence-corrected chi connectivity index (χ2v) is 6.23. The maximum atomic E-state index is 14.0. The van der Waals surface area contributed by atoms with Crippen LogP contribution in [-0.4, -0.2) is 25.0 Å². The molecule has 0 spiro atoms. The molecule has 0 aromatic heterocycles. The first-order valence-electron chi connectivity index (χ1n) is 7.64. The van der Waals surface area contributed by atoms with Crippen LogP contribution in [0.5, 0.6) is 5.75 Å². The molecule has 1 heterocycles. The van der Waals surface area contributed by atoms with Crippen molar-refractivity contribution in [3.05, 3.63) is 52.3 Å². The fourth-order valence-corrected chi connectivity index (χ4v) is 2.89. The Bertz CT molecular complexity index is 885. The molecule has 0 aliphatic carbocycles. The lowest BCUT2D eigenvalue weighted by molar-refractivity contribution is -0.125. The molecule has 2 aromatic rings. The summed E-state index contributed by atoms with van der Waals surface area (Å²) in [5.74, 6) is -1.02. The van der Waals surface area contributed by atoms with Crippen molar-refractivity contribution in [1.29, 1.82) is 0 Å². The summed E-state index contributed by atoms with van der Waals surface area (Å²) >= 11 is 6.06. The van der Waals surface area contributed by atoms with E-state index in [1.54, 1.807) is 39.1 Å². The zero-order chi connectivity index (χ0) is 18.3. The van der Waals surface area contributed by atoms with Gasteiger partial charge in [-0.25, -0.2) is 4.39 Å². The van der Waals surface area contributed by atoms with Crippen molar-refractivity contribution in [2.24, 2.45) is 0 Å². The molecule has 5 nitrogen and oxygen atoms in total. The number of anilines is 2. The van der Waals surface area contributed by atoms with Crippen molar-refractivity contribution in [2.75, 3.05) is 17.3 Å². The number of benzene rings is 2. The SMILES string of the molecule is Cc1ccc(F)c(C(=O)Nc2ccc3c(c2)N(C)C(=O)C(C)O3)c1Cl. The summed E-state index contributed by atoms with van der Waals surface area (Å²) in [6.45, 7) is 3.36. The second kappa shape index (κ2) is 6.37. The summed E-state index contributed by atoms with van der Waals surface area (Å²) in [6.07, 6.45) is -0.571. The highest BCUT2D eigenvalue weighted by molar-refractivity contribution is 6.35. The zero-order valence-electron chi connectivity index (χ0n) is 13.9. The molecule has 0 fully saturated rings. The molecule has 130 valence electrons. The Balaban J connectivity index is 1.91. The number of nitrogens with zero attached hydrogens (tertiary/aromatic N) is 1. The van der Waals surface area contributed by atoms with E-state index < -0.39 is 17.8 Å². The second-order valence-electron chi connectivity index (χ2n) is 5.85. The van der Waals surface area contributed by atoms with E-state index in [0.717, 1.165) is 0 Å². The number of halogens is 2.